The molecule has 1 heterocycles. The van der Waals surface area contributed by atoms with Crippen LogP contribution in [0.3, 0.4) is 0 Å². The van der Waals surface area contributed by atoms with E-state index >= 15 is 0 Å². The second-order valence-electron chi connectivity index (χ2n) is 6.10. The van der Waals surface area contributed by atoms with Crippen LogP contribution in [0, 0.1) is 0 Å². The van der Waals surface area contributed by atoms with Crippen LogP contribution in [-0.2, 0) is 18.4 Å². The van der Waals surface area contributed by atoms with E-state index in [2.05, 4.69) is 32.9 Å². The molecule has 0 saturated heterocycles. The first-order valence-electron chi connectivity index (χ1n) is 8.78. The maximum Gasteiger partial charge on any atom is 0.191 e. The molecule has 2 aromatic rings. The number of aryl methyl sites for hydroxylation is 1. The summed E-state index contributed by atoms with van der Waals surface area (Å²) in [6.45, 7) is 7.76. The van der Waals surface area contributed by atoms with Crippen molar-refractivity contribution in [3.05, 3.63) is 52.0 Å². The van der Waals surface area contributed by atoms with E-state index in [-0.39, 0.29) is 0 Å². The Balaban J connectivity index is 1.91. The van der Waals surface area contributed by atoms with Gasteiger partial charge in [0.1, 0.15) is 5.60 Å². The van der Waals surface area contributed by atoms with Gasteiger partial charge in [0.15, 0.2) is 5.96 Å². The minimum Gasteiger partial charge on any atom is -0.384 e. The molecule has 0 aliphatic rings. The van der Waals surface area contributed by atoms with Gasteiger partial charge in [-0.1, -0.05) is 37.3 Å². The lowest BCUT2D eigenvalue weighted by molar-refractivity contribution is 0.0672. The van der Waals surface area contributed by atoms with Gasteiger partial charge in [-0.2, -0.15) is 0 Å². The lowest BCUT2D eigenvalue weighted by Crippen LogP contribution is -2.39. The third kappa shape index (κ3) is 6.14. The number of benzene rings is 1. The summed E-state index contributed by atoms with van der Waals surface area (Å²) >= 11 is 1.71. The molecule has 0 aliphatic carbocycles. The predicted molar refractivity (Wildman–Crippen MR) is 105 cm³/mol. The van der Waals surface area contributed by atoms with Gasteiger partial charge in [-0.3, -0.25) is 0 Å². The van der Waals surface area contributed by atoms with Crippen LogP contribution in [0.2, 0.25) is 0 Å². The molecule has 1 unspecified atom stereocenters. The van der Waals surface area contributed by atoms with Crippen LogP contribution >= 0.6 is 11.3 Å². The fourth-order valence-electron chi connectivity index (χ4n) is 2.40. The quantitative estimate of drug-likeness (QED) is 0.500. The highest BCUT2D eigenvalue weighted by Crippen LogP contribution is 2.20. The van der Waals surface area contributed by atoms with Gasteiger partial charge in [0.05, 0.1) is 17.2 Å². The number of aliphatic imine (C=N–C) groups is 1. The zero-order valence-electron chi connectivity index (χ0n) is 15.2. The first-order chi connectivity index (χ1) is 12.0. The largest absolute Gasteiger partial charge is 0.384 e. The van der Waals surface area contributed by atoms with Gasteiger partial charge in [-0.05, 0) is 25.8 Å². The minimum absolute atomic E-state index is 0.295. The summed E-state index contributed by atoms with van der Waals surface area (Å²) in [4.78, 5) is 9.12. The SMILES string of the molecule is CCNC(=NCC(C)(O)c1ccccc1)NCCc1csc(CC)n1. The lowest BCUT2D eigenvalue weighted by Gasteiger charge is -2.22. The first kappa shape index (κ1) is 19.4. The molecule has 0 amide bonds. The maximum absolute atomic E-state index is 10.7. The van der Waals surface area contributed by atoms with Crippen molar-refractivity contribution < 1.29 is 5.11 Å². The van der Waals surface area contributed by atoms with Crippen molar-refractivity contribution in [1.82, 2.24) is 15.6 Å². The van der Waals surface area contributed by atoms with E-state index < -0.39 is 5.60 Å². The second kappa shape index (κ2) is 9.53. The van der Waals surface area contributed by atoms with Crippen LogP contribution in [0.4, 0.5) is 0 Å². The molecular weight excluding hydrogens is 332 g/mol. The predicted octanol–water partition coefficient (Wildman–Crippen LogP) is 2.71. The number of hydrogen-bond acceptors (Lipinski definition) is 4. The highest BCUT2D eigenvalue weighted by molar-refractivity contribution is 7.09. The van der Waals surface area contributed by atoms with Crippen molar-refractivity contribution in [3.8, 4) is 0 Å². The van der Waals surface area contributed by atoms with Gasteiger partial charge in [0.2, 0.25) is 0 Å². The monoisotopic (exact) mass is 360 g/mol. The first-order valence-corrected chi connectivity index (χ1v) is 9.66. The van der Waals surface area contributed by atoms with Gasteiger partial charge < -0.3 is 15.7 Å². The van der Waals surface area contributed by atoms with E-state index in [1.807, 2.05) is 37.3 Å². The minimum atomic E-state index is -0.992. The molecule has 1 aromatic carbocycles. The summed E-state index contributed by atoms with van der Waals surface area (Å²) in [6, 6.07) is 9.63. The molecule has 0 fully saturated rings. The summed E-state index contributed by atoms with van der Waals surface area (Å²) in [5, 5.41) is 20.5. The summed E-state index contributed by atoms with van der Waals surface area (Å²) in [7, 11) is 0. The zero-order valence-corrected chi connectivity index (χ0v) is 16.1. The Kier molecular flexibility index (Phi) is 7.40. The number of nitrogens with zero attached hydrogens (tertiary/aromatic N) is 2. The summed E-state index contributed by atoms with van der Waals surface area (Å²) in [5.74, 6) is 0.713. The van der Waals surface area contributed by atoms with E-state index in [1.54, 1.807) is 18.3 Å². The molecular formula is C19H28N4OS. The van der Waals surface area contributed by atoms with Crippen LogP contribution < -0.4 is 10.6 Å². The van der Waals surface area contributed by atoms with Gasteiger partial charge in [-0.15, -0.1) is 11.3 Å². The molecule has 1 aromatic heterocycles. The molecule has 0 radical (unpaired) electrons. The number of aromatic nitrogens is 1. The molecule has 0 bridgehead atoms. The van der Waals surface area contributed by atoms with Crippen molar-refractivity contribution in [2.45, 2.75) is 39.2 Å². The van der Waals surface area contributed by atoms with Crippen LogP contribution in [0.1, 0.15) is 37.0 Å². The van der Waals surface area contributed by atoms with Crippen LogP contribution in [0.15, 0.2) is 40.7 Å². The van der Waals surface area contributed by atoms with E-state index in [1.165, 1.54) is 5.01 Å². The van der Waals surface area contributed by atoms with Crippen molar-refractivity contribution in [2.75, 3.05) is 19.6 Å². The molecule has 0 saturated carbocycles. The van der Waals surface area contributed by atoms with Crippen molar-refractivity contribution in [2.24, 2.45) is 4.99 Å². The standard InChI is InChI=1S/C19H28N4OS/c1-4-17-23-16(13-25-17)11-12-21-18(20-5-2)22-14-19(3,24)15-9-7-6-8-10-15/h6-10,13,24H,4-5,11-12,14H2,1-3H3,(H2,20,21,22). The van der Waals surface area contributed by atoms with E-state index in [0.29, 0.717) is 12.5 Å². The Morgan fingerprint density at radius 1 is 1.24 bits per heavy atom. The van der Waals surface area contributed by atoms with Gasteiger partial charge in [-0.25, -0.2) is 9.98 Å². The third-order valence-corrected chi connectivity index (χ3v) is 4.90. The van der Waals surface area contributed by atoms with Gasteiger partial charge in [0, 0.05) is 24.9 Å². The molecule has 0 spiro atoms. The highest BCUT2D eigenvalue weighted by Gasteiger charge is 2.22. The number of rotatable bonds is 8. The fraction of sp³-hybridized carbons (Fsp3) is 0.474. The van der Waals surface area contributed by atoms with Crippen molar-refractivity contribution >= 4 is 17.3 Å². The molecule has 0 aliphatic heterocycles. The number of aliphatic hydroxyl groups is 1. The fourth-order valence-corrected chi connectivity index (χ4v) is 3.18. The smallest absolute Gasteiger partial charge is 0.191 e. The normalized spacial score (nSPS) is 14.2. The van der Waals surface area contributed by atoms with Crippen LogP contribution in [0.5, 0.6) is 0 Å². The molecule has 25 heavy (non-hydrogen) atoms. The summed E-state index contributed by atoms with van der Waals surface area (Å²) < 4.78 is 0. The van der Waals surface area contributed by atoms with Gasteiger partial charge >= 0.3 is 0 Å². The topological polar surface area (TPSA) is 69.5 Å². The van der Waals surface area contributed by atoms with E-state index in [9.17, 15) is 5.11 Å². The Morgan fingerprint density at radius 2 is 2.00 bits per heavy atom. The molecule has 136 valence electrons. The molecule has 5 nitrogen and oxygen atoms in total. The highest BCUT2D eigenvalue weighted by atomic mass is 32.1. The Labute approximate surface area is 154 Å². The summed E-state index contributed by atoms with van der Waals surface area (Å²) in [5.41, 5.74) is 0.986. The summed E-state index contributed by atoms with van der Waals surface area (Å²) in [6.07, 6.45) is 1.84. The number of guanidine groups is 1. The number of nitrogens with one attached hydrogen (secondary N) is 2. The van der Waals surface area contributed by atoms with Crippen molar-refractivity contribution in [3.63, 3.8) is 0 Å². The van der Waals surface area contributed by atoms with Gasteiger partial charge in [0.25, 0.3) is 0 Å². The molecule has 2 rings (SSSR count). The third-order valence-electron chi connectivity index (χ3n) is 3.86. The number of hydrogen-bond donors (Lipinski definition) is 3. The Bertz CT molecular complexity index is 667. The Hall–Kier alpha value is -1.92. The molecule has 6 heteroatoms. The van der Waals surface area contributed by atoms with E-state index in [4.69, 9.17) is 0 Å². The van der Waals surface area contributed by atoms with E-state index in [0.717, 1.165) is 37.2 Å². The second-order valence-corrected chi connectivity index (χ2v) is 7.04. The molecule has 1 atom stereocenters. The number of thiazole rings is 1. The average molecular weight is 361 g/mol. The molecule has 3 N–H and O–H groups in total. The van der Waals surface area contributed by atoms with Crippen LogP contribution in [-0.4, -0.2) is 35.7 Å². The average Bonchev–Trinajstić information content (AvgIpc) is 3.08. The maximum atomic E-state index is 10.7. The lowest BCUT2D eigenvalue weighted by atomic mass is 9.96. The Morgan fingerprint density at radius 3 is 2.64 bits per heavy atom. The van der Waals surface area contributed by atoms with Crippen LogP contribution in [0.25, 0.3) is 0 Å². The zero-order chi connectivity index (χ0) is 18.1. The van der Waals surface area contributed by atoms with Crippen molar-refractivity contribution in [1.29, 1.82) is 0 Å².